The Morgan fingerprint density at radius 2 is 1.59 bits per heavy atom. The number of quaternary nitrogens is 1. The van der Waals surface area contributed by atoms with Crippen molar-refractivity contribution in [1.82, 2.24) is 0 Å². The van der Waals surface area contributed by atoms with Gasteiger partial charge in [-0.2, -0.15) is 0 Å². The Morgan fingerprint density at radius 3 is 2.17 bits per heavy atom. The molecule has 0 aliphatic carbocycles. The molecule has 6 heteroatoms. The third kappa shape index (κ3) is 6.91. The van der Waals surface area contributed by atoms with Crippen molar-refractivity contribution < 1.29 is 19.2 Å². The Hall–Kier alpha value is -2.86. The van der Waals surface area contributed by atoms with E-state index in [9.17, 15) is 9.59 Å². The molecule has 0 saturated heterocycles. The van der Waals surface area contributed by atoms with Gasteiger partial charge < -0.3 is 20.3 Å². The fraction of sp³-hybridized carbons (Fsp3) is 0.391. The molecule has 2 rings (SSSR count). The summed E-state index contributed by atoms with van der Waals surface area (Å²) in [5, 5.41) is 5.89. The highest BCUT2D eigenvalue weighted by Crippen LogP contribution is 2.26. The Labute approximate surface area is 173 Å². The van der Waals surface area contributed by atoms with Crippen LogP contribution in [0.1, 0.15) is 38.7 Å². The van der Waals surface area contributed by atoms with Crippen LogP contribution in [-0.4, -0.2) is 38.6 Å². The number of rotatable bonds is 10. The number of carbonyl (C=O) groups excluding carboxylic acids is 2. The van der Waals surface area contributed by atoms with Crippen LogP contribution in [0, 0.1) is 0 Å². The minimum atomic E-state index is -0.125. The van der Waals surface area contributed by atoms with Crippen LogP contribution in [0.15, 0.2) is 48.5 Å². The van der Waals surface area contributed by atoms with Crippen molar-refractivity contribution in [3.63, 3.8) is 0 Å². The molecule has 2 aromatic rings. The van der Waals surface area contributed by atoms with Crippen LogP contribution < -0.4 is 20.3 Å². The number of methoxy groups -OCH3 is 1. The zero-order valence-corrected chi connectivity index (χ0v) is 17.7. The summed E-state index contributed by atoms with van der Waals surface area (Å²) >= 11 is 0. The van der Waals surface area contributed by atoms with Gasteiger partial charge in [-0.1, -0.05) is 32.0 Å². The second-order valence-corrected chi connectivity index (χ2v) is 7.18. The fourth-order valence-electron chi connectivity index (χ4n) is 3.10. The molecule has 29 heavy (non-hydrogen) atoms. The topological polar surface area (TPSA) is 71.9 Å². The van der Waals surface area contributed by atoms with Crippen LogP contribution in [0.3, 0.4) is 0 Å². The maximum Gasteiger partial charge on any atom is 0.279 e. The molecule has 0 radical (unpaired) electrons. The van der Waals surface area contributed by atoms with Crippen molar-refractivity contribution in [3.05, 3.63) is 54.1 Å². The van der Waals surface area contributed by atoms with Gasteiger partial charge >= 0.3 is 0 Å². The number of carbonyl (C=O) groups is 2. The quantitative estimate of drug-likeness (QED) is 0.576. The summed E-state index contributed by atoms with van der Waals surface area (Å²) in [6, 6.07) is 15.1. The number of para-hydroxylation sites is 1. The molecular formula is C23H32N3O3+. The first-order chi connectivity index (χ1) is 14.0. The number of hydrogen-bond donors (Lipinski definition) is 3. The normalized spacial score (nSPS) is 12.7. The molecule has 0 spiro atoms. The van der Waals surface area contributed by atoms with Gasteiger partial charge in [-0.25, -0.2) is 0 Å². The van der Waals surface area contributed by atoms with Crippen LogP contribution in [0.25, 0.3) is 0 Å². The van der Waals surface area contributed by atoms with Gasteiger partial charge in [-0.05, 0) is 55.2 Å². The number of ether oxygens (including phenoxy) is 1. The SMILES string of the molecule is CC[C@@H](C)c1ccccc1NC(=O)C[NH+](CC)CC(=O)Nc1ccc(OC)cc1. The van der Waals surface area contributed by atoms with Gasteiger partial charge in [-0.3, -0.25) is 9.59 Å². The van der Waals surface area contributed by atoms with Crippen molar-refractivity contribution in [1.29, 1.82) is 0 Å². The Bertz CT molecular complexity index is 805. The highest BCUT2D eigenvalue weighted by molar-refractivity contribution is 5.93. The molecule has 1 unspecified atom stereocenters. The number of amides is 2. The van der Waals surface area contributed by atoms with E-state index in [1.165, 1.54) is 0 Å². The van der Waals surface area contributed by atoms with E-state index >= 15 is 0 Å². The zero-order chi connectivity index (χ0) is 21.2. The molecule has 3 N–H and O–H groups in total. The standard InChI is InChI=1S/C23H31N3O3/c1-5-17(3)20-9-7-8-10-21(20)25-23(28)16-26(6-2)15-22(27)24-18-11-13-19(29-4)14-12-18/h7-14,17H,5-6,15-16H2,1-4H3,(H,24,27)(H,25,28)/p+1/t17-/m1/s1. The highest BCUT2D eigenvalue weighted by Gasteiger charge is 2.18. The largest absolute Gasteiger partial charge is 0.497 e. The third-order valence-electron chi connectivity index (χ3n) is 5.07. The Kier molecular flexibility index (Phi) is 8.68. The van der Waals surface area contributed by atoms with Crippen LogP contribution in [-0.2, 0) is 9.59 Å². The molecule has 2 atom stereocenters. The molecule has 0 aromatic heterocycles. The summed E-state index contributed by atoms with van der Waals surface area (Å²) in [7, 11) is 1.60. The second kappa shape index (κ2) is 11.2. The van der Waals surface area contributed by atoms with Gasteiger partial charge in [0.1, 0.15) is 5.75 Å². The van der Waals surface area contributed by atoms with E-state index in [1.54, 1.807) is 31.4 Å². The van der Waals surface area contributed by atoms with E-state index in [0.717, 1.165) is 28.3 Å². The van der Waals surface area contributed by atoms with Crippen molar-refractivity contribution >= 4 is 23.2 Å². The van der Waals surface area contributed by atoms with E-state index in [1.807, 2.05) is 25.1 Å². The lowest BCUT2D eigenvalue weighted by molar-refractivity contribution is -0.881. The number of anilines is 2. The van der Waals surface area contributed by atoms with Gasteiger partial charge in [0, 0.05) is 11.4 Å². The number of likely N-dealkylation sites (N-methyl/N-ethyl adjacent to an activating group) is 1. The van der Waals surface area contributed by atoms with E-state index in [2.05, 4.69) is 30.5 Å². The molecule has 0 aliphatic heterocycles. The minimum absolute atomic E-state index is 0.0881. The molecule has 2 amide bonds. The van der Waals surface area contributed by atoms with Crippen LogP contribution >= 0.6 is 0 Å². The first-order valence-corrected chi connectivity index (χ1v) is 10.1. The predicted octanol–water partition coefficient (Wildman–Crippen LogP) is 2.69. The summed E-state index contributed by atoms with van der Waals surface area (Å²) in [6.45, 7) is 7.39. The van der Waals surface area contributed by atoms with E-state index in [4.69, 9.17) is 4.74 Å². The monoisotopic (exact) mass is 398 g/mol. The molecule has 6 nitrogen and oxygen atoms in total. The zero-order valence-electron chi connectivity index (χ0n) is 17.7. The molecular weight excluding hydrogens is 366 g/mol. The molecule has 2 aromatic carbocycles. The molecule has 0 bridgehead atoms. The molecule has 156 valence electrons. The van der Waals surface area contributed by atoms with E-state index in [0.29, 0.717) is 18.2 Å². The van der Waals surface area contributed by atoms with Crippen LogP contribution in [0.5, 0.6) is 5.75 Å². The number of nitrogens with one attached hydrogen (secondary N) is 3. The maximum absolute atomic E-state index is 12.6. The lowest BCUT2D eigenvalue weighted by Gasteiger charge is -2.19. The van der Waals surface area contributed by atoms with Crippen LogP contribution in [0.2, 0.25) is 0 Å². The van der Waals surface area contributed by atoms with Gasteiger partial charge in [0.25, 0.3) is 11.8 Å². The van der Waals surface area contributed by atoms with Gasteiger partial charge in [0.2, 0.25) is 0 Å². The van der Waals surface area contributed by atoms with Crippen molar-refractivity contribution in [3.8, 4) is 5.75 Å². The summed E-state index contributed by atoms with van der Waals surface area (Å²) in [4.78, 5) is 25.8. The van der Waals surface area contributed by atoms with Gasteiger partial charge in [-0.15, -0.1) is 0 Å². The first-order valence-electron chi connectivity index (χ1n) is 10.1. The molecule has 0 heterocycles. The summed E-state index contributed by atoms with van der Waals surface area (Å²) in [5.41, 5.74) is 2.70. The van der Waals surface area contributed by atoms with Gasteiger partial charge in [0.05, 0.1) is 13.7 Å². The predicted molar refractivity (Wildman–Crippen MR) is 117 cm³/mol. The van der Waals surface area contributed by atoms with Crippen molar-refractivity contribution in [2.75, 3.05) is 37.4 Å². The second-order valence-electron chi connectivity index (χ2n) is 7.18. The lowest BCUT2D eigenvalue weighted by atomic mass is 9.97. The Balaban J connectivity index is 1.91. The lowest BCUT2D eigenvalue weighted by Crippen LogP contribution is -3.13. The van der Waals surface area contributed by atoms with E-state index in [-0.39, 0.29) is 24.9 Å². The van der Waals surface area contributed by atoms with Crippen LogP contribution in [0.4, 0.5) is 11.4 Å². The number of benzene rings is 2. The average Bonchev–Trinajstić information content (AvgIpc) is 2.73. The Morgan fingerprint density at radius 1 is 0.966 bits per heavy atom. The molecule has 0 fully saturated rings. The number of hydrogen-bond acceptors (Lipinski definition) is 3. The van der Waals surface area contributed by atoms with Gasteiger partial charge in [0.15, 0.2) is 13.1 Å². The first kappa shape index (κ1) is 22.4. The smallest absolute Gasteiger partial charge is 0.279 e. The highest BCUT2D eigenvalue weighted by atomic mass is 16.5. The molecule has 0 saturated carbocycles. The molecule has 0 aliphatic rings. The van der Waals surface area contributed by atoms with Crippen molar-refractivity contribution in [2.45, 2.75) is 33.1 Å². The summed E-state index contributed by atoms with van der Waals surface area (Å²) < 4.78 is 5.12. The van der Waals surface area contributed by atoms with E-state index < -0.39 is 0 Å². The minimum Gasteiger partial charge on any atom is -0.497 e. The average molecular weight is 399 g/mol. The summed E-state index contributed by atoms with van der Waals surface area (Å²) in [5.74, 6) is 0.893. The maximum atomic E-state index is 12.6. The summed E-state index contributed by atoms with van der Waals surface area (Å²) in [6.07, 6.45) is 1.00. The fourth-order valence-corrected chi connectivity index (χ4v) is 3.10. The third-order valence-corrected chi connectivity index (χ3v) is 5.07. The van der Waals surface area contributed by atoms with Crippen molar-refractivity contribution in [2.24, 2.45) is 0 Å².